The average molecular weight is 471 g/mol. The van der Waals surface area contributed by atoms with E-state index in [1.54, 1.807) is 18.5 Å². The van der Waals surface area contributed by atoms with E-state index < -0.39 is 9.84 Å². The zero-order chi connectivity index (χ0) is 22.5. The predicted molar refractivity (Wildman–Crippen MR) is 129 cm³/mol. The van der Waals surface area contributed by atoms with Gasteiger partial charge < -0.3 is 9.88 Å². The average Bonchev–Trinajstić information content (AvgIpc) is 3.12. The molecule has 3 heterocycles. The standard InChI is InChI=1S/C23H20N5O3S.Na.H/c1-27-9-5-15-3-4-16(11-21(15)27)18-12-17(13-19-23(18)25-8-7-24-19)26-20-14-28(29)10-6-22(20)32(2,30)31;;/h3-14,26,29H,1-2H3;;/q+1;;. The fourth-order valence-corrected chi connectivity index (χ4v) is 4.65. The number of aryl methyl sites for hydroxylation is 1. The molecule has 0 radical (unpaired) electrons. The van der Waals surface area contributed by atoms with Crippen LogP contribution in [-0.2, 0) is 16.9 Å². The Labute approximate surface area is 212 Å². The molecule has 0 spiro atoms. The van der Waals surface area contributed by atoms with Gasteiger partial charge >= 0.3 is 29.6 Å². The van der Waals surface area contributed by atoms with E-state index in [0.29, 0.717) is 11.2 Å². The summed E-state index contributed by atoms with van der Waals surface area (Å²) in [5.41, 5.74) is 5.17. The van der Waals surface area contributed by atoms with Crippen LogP contribution < -0.4 is 10.0 Å². The molecule has 0 saturated heterocycles. The first-order chi connectivity index (χ1) is 15.3. The van der Waals surface area contributed by atoms with Gasteiger partial charge in [-0.1, -0.05) is 12.1 Å². The first kappa shape index (κ1) is 23.2. The molecular weight excluding hydrogens is 449 g/mol. The Balaban J connectivity index is 0.00000259. The predicted octanol–water partition coefficient (Wildman–Crippen LogP) is 2.81. The number of fused-ring (bicyclic) bond motifs is 2. The van der Waals surface area contributed by atoms with Crippen molar-refractivity contribution in [1.82, 2.24) is 14.5 Å². The molecule has 0 saturated carbocycles. The van der Waals surface area contributed by atoms with Gasteiger partial charge in [-0.15, -0.1) is 0 Å². The molecule has 10 heteroatoms. The van der Waals surface area contributed by atoms with Crippen LogP contribution >= 0.6 is 0 Å². The van der Waals surface area contributed by atoms with Crippen LogP contribution in [0.15, 0.2) is 78.3 Å². The van der Waals surface area contributed by atoms with Gasteiger partial charge in [0.1, 0.15) is 10.6 Å². The van der Waals surface area contributed by atoms with E-state index in [0.717, 1.165) is 38.5 Å². The third-order valence-electron chi connectivity index (χ3n) is 5.36. The van der Waals surface area contributed by atoms with Crippen molar-refractivity contribution < 1.29 is 18.4 Å². The van der Waals surface area contributed by atoms with Crippen molar-refractivity contribution in [2.75, 3.05) is 11.6 Å². The van der Waals surface area contributed by atoms with Crippen LogP contribution in [-0.4, -0.2) is 64.0 Å². The van der Waals surface area contributed by atoms with E-state index in [-0.39, 0.29) is 40.1 Å². The second-order valence-electron chi connectivity index (χ2n) is 7.65. The van der Waals surface area contributed by atoms with Crippen molar-refractivity contribution >= 4 is 72.7 Å². The Morgan fingerprint density at radius 3 is 2.64 bits per heavy atom. The number of nitrogens with zero attached hydrogens (tertiary/aromatic N) is 4. The third kappa shape index (κ3) is 4.45. The zero-order valence-corrected chi connectivity index (χ0v) is 18.2. The van der Waals surface area contributed by atoms with E-state index in [9.17, 15) is 13.6 Å². The normalized spacial score (nSPS) is 11.5. The van der Waals surface area contributed by atoms with Crippen molar-refractivity contribution in [2.24, 2.45) is 7.05 Å². The molecule has 0 aliphatic heterocycles. The quantitative estimate of drug-likeness (QED) is 0.238. The van der Waals surface area contributed by atoms with Crippen molar-refractivity contribution in [1.29, 1.82) is 0 Å². The Morgan fingerprint density at radius 2 is 1.85 bits per heavy atom. The maximum absolute atomic E-state index is 12.2. The van der Waals surface area contributed by atoms with Crippen molar-refractivity contribution in [3.05, 3.63) is 73.4 Å². The number of hydrogen-bond donors (Lipinski definition) is 2. The second kappa shape index (κ2) is 8.75. The molecule has 2 N–H and O–H groups in total. The molecule has 5 aromatic rings. The number of nitrogens with one attached hydrogen (secondary N) is 1. The number of benzene rings is 2. The second-order valence-corrected chi connectivity index (χ2v) is 9.63. The summed E-state index contributed by atoms with van der Waals surface area (Å²) >= 11 is 0. The topological polar surface area (TPSA) is 101 Å². The molecule has 0 atom stereocenters. The minimum atomic E-state index is -3.52. The zero-order valence-electron chi connectivity index (χ0n) is 17.4. The number of rotatable bonds is 4. The molecule has 0 bridgehead atoms. The monoisotopic (exact) mass is 470 g/mol. The van der Waals surface area contributed by atoms with Gasteiger partial charge in [-0.3, -0.25) is 15.2 Å². The third-order valence-corrected chi connectivity index (χ3v) is 6.51. The summed E-state index contributed by atoms with van der Waals surface area (Å²) in [6, 6.07) is 13.3. The number of anilines is 2. The van der Waals surface area contributed by atoms with Crippen LogP contribution in [0.4, 0.5) is 11.4 Å². The summed E-state index contributed by atoms with van der Waals surface area (Å²) in [5, 5.41) is 14.1. The van der Waals surface area contributed by atoms with Crippen molar-refractivity contribution in [3.8, 4) is 11.1 Å². The molecule has 3 aromatic heterocycles. The molecule has 162 valence electrons. The van der Waals surface area contributed by atoms with Gasteiger partial charge in [0.15, 0.2) is 9.84 Å². The molecule has 8 nitrogen and oxygen atoms in total. The van der Waals surface area contributed by atoms with E-state index in [2.05, 4.69) is 38.1 Å². The molecule has 0 aliphatic carbocycles. The van der Waals surface area contributed by atoms with Gasteiger partial charge in [-0.25, -0.2) is 8.42 Å². The summed E-state index contributed by atoms with van der Waals surface area (Å²) in [7, 11) is -1.52. The van der Waals surface area contributed by atoms with Crippen LogP contribution in [0.25, 0.3) is 33.1 Å². The van der Waals surface area contributed by atoms with Crippen LogP contribution in [0.1, 0.15) is 0 Å². The number of aromatic nitrogens is 4. The molecular formula is C23H21N5NaO3S+. The maximum atomic E-state index is 12.2. The van der Waals surface area contributed by atoms with E-state index in [1.165, 1.54) is 18.5 Å². The van der Waals surface area contributed by atoms with Gasteiger partial charge in [-0.2, -0.15) is 0 Å². The van der Waals surface area contributed by atoms with Crippen LogP contribution in [0.5, 0.6) is 0 Å². The number of pyridine rings is 1. The van der Waals surface area contributed by atoms with Gasteiger partial charge in [0.25, 0.3) is 0 Å². The molecule has 2 aromatic carbocycles. The van der Waals surface area contributed by atoms with Gasteiger partial charge in [0.2, 0.25) is 12.4 Å². The van der Waals surface area contributed by atoms with Crippen molar-refractivity contribution in [3.63, 3.8) is 0 Å². The molecule has 0 fully saturated rings. The first-order valence-electron chi connectivity index (χ1n) is 9.81. The summed E-state index contributed by atoms with van der Waals surface area (Å²) < 4.78 is 27.3. The summed E-state index contributed by atoms with van der Waals surface area (Å²) in [4.78, 5) is 9.06. The minimum absolute atomic E-state index is 0. The Kier molecular flexibility index (Phi) is 6.15. The summed E-state index contributed by atoms with van der Waals surface area (Å²) in [5.74, 6) is 0. The number of hydrogen-bond acceptors (Lipinski definition) is 6. The summed E-state index contributed by atoms with van der Waals surface area (Å²) in [6.07, 6.45) is 8.98. The van der Waals surface area contributed by atoms with E-state index >= 15 is 0 Å². The first-order valence-corrected chi connectivity index (χ1v) is 11.7. The molecule has 0 unspecified atom stereocenters. The molecule has 33 heavy (non-hydrogen) atoms. The van der Waals surface area contributed by atoms with Gasteiger partial charge in [0, 0.05) is 59.5 Å². The fraction of sp³-hybridized carbons (Fsp3) is 0.0870. The van der Waals surface area contributed by atoms with Crippen LogP contribution in [0, 0.1) is 0 Å². The van der Waals surface area contributed by atoms with Crippen LogP contribution in [0.2, 0.25) is 0 Å². The van der Waals surface area contributed by atoms with Crippen LogP contribution in [0.3, 0.4) is 0 Å². The van der Waals surface area contributed by atoms with E-state index in [4.69, 9.17) is 0 Å². The SMILES string of the molecule is Cn1ccc2ccc(-c3cc(Nc4c[n+](O)ccc4S(C)(=O)=O)cc4nccnc34)cc21.[NaH]. The summed E-state index contributed by atoms with van der Waals surface area (Å²) in [6.45, 7) is 0. The Morgan fingerprint density at radius 1 is 1.06 bits per heavy atom. The number of sulfone groups is 1. The molecule has 0 aliphatic rings. The molecule has 0 amide bonds. The van der Waals surface area contributed by atoms with E-state index in [1.807, 2.05) is 25.4 Å². The van der Waals surface area contributed by atoms with Crippen molar-refractivity contribution in [2.45, 2.75) is 4.90 Å². The Hall–Kier alpha value is -2.98. The Bertz CT molecular complexity index is 1620. The fourth-order valence-electron chi connectivity index (χ4n) is 3.84. The molecule has 5 rings (SSSR count). The van der Waals surface area contributed by atoms with Gasteiger partial charge in [0.05, 0.1) is 11.0 Å². The van der Waals surface area contributed by atoms with Gasteiger partial charge in [-0.05, 0) is 35.2 Å².